The van der Waals surface area contributed by atoms with Crippen LogP contribution < -0.4 is 0 Å². The summed E-state index contributed by atoms with van der Waals surface area (Å²) in [5.74, 6) is -0.154. The number of carbonyl (C=O) groups is 1. The molecule has 0 saturated carbocycles. The minimum atomic E-state index is -0.207. The number of halogens is 1. The fourth-order valence-corrected chi connectivity index (χ4v) is 3.23. The van der Waals surface area contributed by atoms with Gasteiger partial charge in [-0.2, -0.15) is 0 Å². The molecule has 0 fully saturated rings. The fraction of sp³-hybridized carbons (Fsp3) is 0.278. The van der Waals surface area contributed by atoms with Crippen LogP contribution in [-0.4, -0.2) is 17.8 Å². The SMILES string of the molecule is CCOC(=O)C(CCc1ccccc1)Sc1ccc(Cl)cc1. The second-order valence-corrected chi connectivity index (χ2v) is 6.55. The zero-order valence-electron chi connectivity index (χ0n) is 12.5. The summed E-state index contributed by atoms with van der Waals surface area (Å²) in [6.07, 6.45) is 1.60. The maximum atomic E-state index is 12.2. The Morgan fingerprint density at radius 3 is 2.45 bits per heavy atom. The first kappa shape index (κ1) is 16.9. The lowest BCUT2D eigenvalue weighted by Crippen LogP contribution is -2.21. The number of benzene rings is 2. The molecule has 0 radical (unpaired) electrons. The van der Waals surface area contributed by atoms with Gasteiger partial charge in [0.2, 0.25) is 0 Å². The second-order valence-electron chi connectivity index (χ2n) is 4.84. The molecule has 22 heavy (non-hydrogen) atoms. The third-order valence-electron chi connectivity index (χ3n) is 3.18. The van der Waals surface area contributed by atoms with Crippen molar-refractivity contribution in [3.8, 4) is 0 Å². The van der Waals surface area contributed by atoms with Gasteiger partial charge in [-0.1, -0.05) is 41.9 Å². The molecule has 2 aromatic carbocycles. The van der Waals surface area contributed by atoms with Gasteiger partial charge in [0.15, 0.2) is 0 Å². The van der Waals surface area contributed by atoms with Crippen LogP contribution in [0.1, 0.15) is 18.9 Å². The van der Waals surface area contributed by atoms with Crippen molar-refractivity contribution in [1.29, 1.82) is 0 Å². The predicted octanol–water partition coefficient (Wildman–Crippen LogP) is 5.00. The first-order chi connectivity index (χ1) is 10.7. The molecule has 0 aliphatic carbocycles. The maximum absolute atomic E-state index is 12.2. The molecule has 0 aromatic heterocycles. The van der Waals surface area contributed by atoms with E-state index in [1.807, 2.05) is 49.4 Å². The van der Waals surface area contributed by atoms with E-state index in [1.54, 1.807) is 0 Å². The van der Waals surface area contributed by atoms with Crippen LogP contribution in [0.15, 0.2) is 59.5 Å². The van der Waals surface area contributed by atoms with Crippen molar-refractivity contribution in [2.45, 2.75) is 29.9 Å². The highest BCUT2D eigenvalue weighted by Crippen LogP contribution is 2.28. The number of thioether (sulfide) groups is 1. The molecule has 0 aliphatic heterocycles. The van der Waals surface area contributed by atoms with Crippen LogP contribution in [0, 0.1) is 0 Å². The van der Waals surface area contributed by atoms with E-state index in [0.29, 0.717) is 11.6 Å². The molecule has 2 aromatic rings. The van der Waals surface area contributed by atoms with Gasteiger partial charge in [0.25, 0.3) is 0 Å². The Balaban J connectivity index is 2.02. The van der Waals surface area contributed by atoms with Crippen molar-refractivity contribution in [2.24, 2.45) is 0 Å². The molecular formula is C18H19ClO2S. The Hall–Kier alpha value is -1.45. The quantitative estimate of drug-likeness (QED) is 0.526. The number of rotatable bonds is 7. The molecule has 4 heteroatoms. The van der Waals surface area contributed by atoms with Gasteiger partial charge < -0.3 is 4.74 Å². The van der Waals surface area contributed by atoms with Crippen molar-refractivity contribution in [1.82, 2.24) is 0 Å². The topological polar surface area (TPSA) is 26.3 Å². The summed E-state index contributed by atoms with van der Waals surface area (Å²) in [6.45, 7) is 2.24. The van der Waals surface area contributed by atoms with Crippen LogP contribution in [0.2, 0.25) is 5.02 Å². The van der Waals surface area contributed by atoms with Gasteiger partial charge in [0, 0.05) is 9.92 Å². The van der Waals surface area contributed by atoms with Crippen molar-refractivity contribution in [3.05, 3.63) is 65.2 Å². The molecule has 0 saturated heterocycles. The number of aryl methyl sites for hydroxylation is 1. The van der Waals surface area contributed by atoms with Crippen molar-refractivity contribution in [3.63, 3.8) is 0 Å². The first-order valence-electron chi connectivity index (χ1n) is 7.32. The van der Waals surface area contributed by atoms with Gasteiger partial charge in [-0.15, -0.1) is 11.8 Å². The number of carbonyl (C=O) groups excluding carboxylic acids is 1. The lowest BCUT2D eigenvalue weighted by atomic mass is 10.1. The van der Waals surface area contributed by atoms with E-state index >= 15 is 0 Å². The van der Waals surface area contributed by atoms with E-state index in [-0.39, 0.29) is 11.2 Å². The fourth-order valence-electron chi connectivity index (χ4n) is 2.08. The summed E-state index contributed by atoms with van der Waals surface area (Å²) in [4.78, 5) is 13.2. The van der Waals surface area contributed by atoms with Crippen LogP contribution in [-0.2, 0) is 16.0 Å². The standard InChI is InChI=1S/C18H19ClO2S/c1-2-21-18(20)17(13-8-14-6-4-3-5-7-14)22-16-11-9-15(19)10-12-16/h3-7,9-12,17H,2,8,13H2,1H3. The highest BCUT2D eigenvalue weighted by atomic mass is 35.5. The highest BCUT2D eigenvalue weighted by Gasteiger charge is 2.21. The lowest BCUT2D eigenvalue weighted by Gasteiger charge is -2.15. The van der Waals surface area contributed by atoms with E-state index in [9.17, 15) is 4.79 Å². The first-order valence-corrected chi connectivity index (χ1v) is 8.57. The number of esters is 1. The van der Waals surface area contributed by atoms with Gasteiger partial charge >= 0.3 is 5.97 Å². The van der Waals surface area contributed by atoms with Gasteiger partial charge in [0.1, 0.15) is 5.25 Å². The van der Waals surface area contributed by atoms with Crippen molar-refractivity contribution in [2.75, 3.05) is 6.61 Å². The van der Waals surface area contributed by atoms with Gasteiger partial charge in [-0.3, -0.25) is 4.79 Å². The molecule has 2 rings (SSSR count). The van der Waals surface area contributed by atoms with E-state index in [0.717, 1.165) is 17.7 Å². The minimum Gasteiger partial charge on any atom is -0.465 e. The summed E-state index contributed by atoms with van der Waals surface area (Å²) < 4.78 is 5.20. The highest BCUT2D eigenvalue weighted by molar-refractivity contribution is 8.00. The third-order valence-corrected chi connectivity index (χ3v) is 4.69. The van der Waals surface area contributed by atoms with Gasteiger partial charge in [-0.25, -0.2) is 0 Å². The summed E-state index contributed by atoms with van der Waals surface area (Å²) in [6, 6.07) is 17.7. The van der Waals surface area contributed by atoms with Gasteiger partial charge in [0.05, 0.1) is 6.61 Å². The third kappa shape index (κ3) is 5.39. The Bertz CT molecular complexity index is 584. The Morgan fingerprint density at radius 2 is 1.82 bits per heavy atom. The van der Waals surface area contributed by atoms with Gasteiger partial charge in [-0.05, 0) is 49.6 Å². The summed E-state index contributed by atoms with van der Waals surface area (Å²) >= 11 is 7.43. The minimum absolute atomic E-state index is 0.154. The largest absolute Gasteiger partial charge is 0.465 e. The molecule has 0 heterocycles. The number of hydrogen-bond donors (Lipinski definition) is 0. The molecule has 116 valence electrons. The molecule has 0 N–H and O–H groups in total. The molecule has 0 aliphatic rings. The normalized spacial score (nSPS) is 11.9. The Labute approximate surface area is 140 Å². The van der Waals surface area contributed by atoms with E-state index in [1.165, 1.54) is 17.3 Å². The molecule has 0 spiro atoms. The second kappa shape index (κ2) is 8.86. The van der Waals surface area contributed by atoms with Crippen LogP contribution in [0.25, 0.3) is 0 Å². The lowest BCUT2D eigenvalue weighted by molar-refractivity contribution is -0.142. The van der Waals surface area contributed by atoms with Crippen LogP contribution in [0.4, 0.5) is 0 Å². The zero-order chi connectivity index (χ0) is 15.8. The molecule has 1 unspecified atom stereocenters. The van der Waals surface area contributed by atoms with E-state index in [4.69, 9.17) is 16.3 Å². The average Bonchev–Trinajstić information content (AvgIpc) is 2.54. The average molecular weight is 335 g/mol. The Morgan fingerprint density at radius 1 is 1.14 bits per heavy atom. The smallest absolute Gasteiger partial charge is 0.319 e. The Kier molecular flexibility index (Phi) is 6.81. The predicted molar refractivity (Wildman–Crippen MR) is 92.5 cm³/mol. The van der Waals surface area contributed by atoms with Crippen molar-refractivity contribution < 1.29 is 9.53 Å². The maximum Gasteiger partial charge on any atom is 0.319 e. The summed E-state index contributed by atoms with van der Waals surface area (Å²) in [5.41, 5.74) is 1.23. The monoisotopic (exact) mass is 334 g/mol. The number of ether oxygens (including phenoxy) is 1. The molecule has 0 amide bonds. The molecular weight excluding hydrogens is 316 g/mol. The molecule has 0 bridgehead atoms. The van der Waals surface area contributed by atoms with E-state index < -0.39 is 0 Å². The van der Waals surface area contributed by atoms with E-state index in [2.05, 4.69) is 12.1 Å². The summed E-state index contributed by atoms with van der Waals surface area (Å²) in [5, 5.41) is 0.489. The van der Waals surface area contributed by atoms with Crippen LogP contribution in [0.3, 0.4) is 0 Å². The zero-order valence-corrected chi connectivity index (χ0v) is 14.1. The summed E-state index contributed by atoms with van der Waals surface area (Å²) in [7, 11) is 0. The van der Waals surface area contributed by atoms with Crippen LogP contribution in [0.5, 0.6) is 0 Å². The number of hydrogen-bond acceptors (Lipinski definition) is 3. The van der Waals surface area contributed by atoms with Crippen LogP contribution >= 0.6 is 23.4 Å². The van der Waals surface area contributed by atoms with Crippen molar-refractivity contribution >= 4 is 29.3 Å². The molecule has 1 atom stereocenters. The molecule has 2 nitrogen and oxygen atoms in total.